The zero-order chi connectivity index (χ0) is 17.4. The number of amides is 1. The Morgan fingerprint density at radius 1 is 1.32 bits per heavy atom. The summed E-state index contributed by atoms with van der Waals surface area (Å²) in [5.74, 6) is 1.87. The minimum Gasteiger partial charge on any atom is -0.326 e. The molecule has 0 unspecified atom stereocenters. The van der Waals surface area contributed by atoms with Crippen LogP contribution in [-0.2, 0) is 11.2 Å². The van der Waals surface area contributed by atoms with Crippen LogP contribution < -0.4 is 5.32 Å². The summed E-state index contributed by atoms with van der Waals surface area (Å²) in [6.45, 7) is 4.25. The quantitative estimate of drug-likeness (QED) is 0.731. The molecule has 130 valence electrons. The van der Waals surface area contributed by atoms with Gasteiger partial charge in [-0.25, -0.2) is 0 Å². The first-order valence-corrected chi connectivity index (χ1v) is 9.53. The summed E-state index contributed by atoms with van der Waals surface area (Å²) in [4.78, 5) is 13.2. The molecule has 0 spiro atoms. The van der Waals surface area contributed by atoms with Crippen molar-refractivity contribution in [2.75, 3.05) is 5.32 Å². The van der Waals surface area contributed by atoms with E-state index in [0.717, 1.165) is 27.0 Å². The van der Waals surface area contributed by atoms with E-state index in [1.807, 2.05) is 22.7 Å². The van der Waals surface area contributed by atoms with Crippen LogP contribution in [0, 0.1) is 0 Å². The summed E-state index contributed by atoms with van der Waals surface area (Å²) >= 11 is 1.52. The standard InChI is InChI=1S/C18H21N5OS/c1-11(2)13-5-3-4-6-14(13)19-15(24)9-10-16-22-23-17(12-7-8-12)20-21-18(23)25-16/h3-6,11-12H,7-10H2,1-2H3,(H,19,24). The largest absolute Gasteiger partial charge is 0.326 e. The number of rotatable bonds is 6. The molecule has 1 saturated carbocycles. The number of fused-ring (bicyclic) bond motifs is 1. The van der Waals surface area contributed by atoms with Crippen molar-refractivity contribution in [3.63, 3.8) is 0 Å². The van der Waals surface area contributed by atoms with Crippen molar-refractivity contribution in [2.45, 2.75) is 51.4 Å². The molecular weight excluding hydrogens is 334 g/mol. The second-order valence-electron chi connectivity index (χ2n) is 6.81. The van der Waals surface area contributed by atoms with E-state index in [1.165, 1.54) is 24.2 Å². The van der Waals surface area contributed by atoms with Gasteiger partial charge in [-0.05, 0) is 30.4 Å². The minimum atomic E-state index is 0.0153. The van der Waals surface area contributed by atoms with Crippen LogP contribution in [0.2, 0.25) is 0 Å². The fourth-order valence-electron chi connectivity index (χ4n) is 2.92. The number of para-hydroxylation sites is 1. The molecular formula is C18H21N5OS. The number of hydrogen-bond acceptors (Lipinski definition) is 5. The number of aryl methyl sites for hydroxylation is 1. The number of aromatic nitrogens is 4. The van der Waals surface area contributed by atoms with Gasteiger partial charge in [0.05, 0.1) is 0 Å². The Morgan fingerprint density at radius 2 is 2.12 bits per heavy atom. The molecule has 6 nitrogen and oxygen atoms in total. The molecule has 3 aromatic rings. The number of hydrogen-bond donors (Lipinski definition) is 1. The third kappa shape index (κ3) is 3.42. The molecule has 1 aromatic carbocycles. The van der Waals surface area contributed by atoms with Gasteiger partial charge in [-0.1, -0.05) is 43.4 Å². The van der Waals surface area contributed by atoms with Crippen molar-refractivity contribution in [1.82, 2.24) is 19.8 Å². The fraction of sp³-hybridized carbons (Fsp3) is 0.444. The van der Waals surface area contributed by atoms with Crippen molar-refractivity contribution >= 4 is 27.9 Å². The number of carbonyl (C=O) groups is 1. The first-order chi connectivity index (χ1) is 12.1. The Bertz CT molecular complexity index is 909. The van der Waals surface area contributed by atoms with E-state index in [2.05, 4.69) is 40.5 Å². The van der Waals surface area contributed by atoms with E-state index >= 15 is 0 Å². The Labute approximate surface area is 150 Å². The monoisotopic (exact) mass is 355 g/mol. The maximum absolute atomic E-state index is 12.3. The van der Waals surface area contributed by atoms with Crippen molar-refractivity contribution < 1.29 is 4.79 Å². The summed E-state index contributed by atoms with van der Waals surface area (Å²) in [7, 11) is 0. The average molecular weight is 355 g/mol. The molecule has 0 radical (unpaired) electrons. The number of benzene rings is 1. The molecule has 1 aliphatic carbocycles. The highest BCUT2D eigenvalue weighted by atomic mass is 32.1. The van der Waals surface area contributed by atoms with Crippen LogP contribution >= 0.6 is 11.3 Å². The van der Waals surface area contributed by atoms with Gasteiger partial charge in [0.1, 0.15) is 5.01 Å². The second kappa shape index (κ2) is 6.55. The highest BCUT2D eigenvalue weighted by Gasteiger charge is 2.30. The predicted molar refractivity (Wildman–Crippen MR) is 98.1 cm³/mol. The number of anilines is 1. The molecule has 0 saturated heterocycles. The van der Waals surface area contributed by atoms with Crippen molar-refractivity contribution in [2.24, 2.45) is 0 Å². The van der Waals surface area contributed by atoms with E-state index in [-0.39, 0.29) is 5.91 Å². The van der Waals surface area contributed by atoms with E-state index in [4.69, 9.17) is 0 Å². The minimum absolute atomic E-state index is 0.0153. The zero-order valence-corrected chi connectivity index (χ0v) is 15.2. The summed E-state index contributed by atoms with van der Waals surface area (Å²) in [5.41, 5.74) is 2.06. The molecule has 0 atom stereocenters. The maximum atomic E-state index is 12.3. The van der Waals surface area contributed by atoms with Crippen LogP contribution in [0.25, 0.3) is 4.96 Å². The molecule has 1 aliphatic rings. The number of nitrogens with one attached hydrogen (secondary N) is 1. The summed E-state index contributed by atoms with van der Waals surface area (Å²) in [5, 5.41) is 17.0. The van der Waals surface area contributed by atoms with Crippen LogP contribution in [-0.4, -0.2) is 25.7 Å². The van der Waals surface area contributed by atoms with Gasteiger partial charge in [0, 0.05) is 24.4 Å². The highest BCUT2D eigenvalue weighted by Crippen LogP contribution is 2.39. The fourth-order valence-corrected chi connectivity index (χ4v) is 3.76. The van der Waals surface area contributed by atoms with Gasteiger partial charge >= 0.3 is 0 Å². The first-order valence-electron chi connectivity index (χ1n) is 8.71. The van der Waals surface area contributed by atoms with Crippen LogP contribution in [0.3, 0.4) is 0 Å². The zero-order valence-electron chi connectivity index (χ0n) is 14.4. The van der Waals surface area contributed by atoms with Crippen molar-refractivity contribution in [3.8, 4) is 0 Å². The van der Waals surface area contributed by atoms with Crippen molar-refractivity contribution in [1.29, 1.82) is 0 Å². The van der Waals surface area contributed by atoms with Gasteiger partial charge in [0.25, 0.3) is 0 Å². The molecule has 4 rings (SSSR count). The SMILES string of the molecule is CC(C)c1ccccc1NC(=O)CCc1nn2c(C3CC3)nnc2s1. The molecule has 1 fully saturated rings. The number of nitrogens with zero attached hydrogens (tertiary/aromatic N) is 4. The average Bonchev–Trinajstić information content (AvgIpc) is 3.23. The maximum Gasteiger partial charge on any atom is 0.234 e. The van der Waals surface area contributed by atoms with Crippen LogP contribution in [0.4, 0.5) is 5.69 Å². The van der Waals surface area contributed by atoms with Gasteiger partial charge in [0.2, 0.25) is 10.9 Å². The third-order valence-corrected chi connectivity index (χ3v) is 5.38. The van der Waals surface area contributed by atoms with Crippen LogP contribution in [0.15, 0.2) is 24.3 Å². The van der Waals surface area contributed by atoms with E-state index < -0.39 is 0 Å². The molecule has 25 heavy (non-hydrogen) atoms. The molecule has 0 aliphatic heterocycles. The summed E-state index contributed by atoms with van der Waals surface area (Å²) < 4.78 is 1.85. The summed E-state index contributed by atoms with van der Waals surface area (Å²) in [6, 6.07) is 7.96. The first kappa shape index (κ1) is 16.2. The lowest BCUT2D eigenvalue weighted by molar-refractivity contribution is -0.116. The second-order valence-corrected chi connectivity index (χ2v) is 7.85. The molecule has 2 aromatic heterocycles. The molecule has 0 bridgehead atoms. The van der Waals surface area contributed by atoms with Gasteiger partial charge in [0.15, 0.2) is 5.82 Å². The predicted octanol–water partition coefficient (Wildman–Crippen LogP) is 3.76. The molecule has 7 heteroatoms. The Hall–Kier alpha value is -2.28. The normalized spacial score (nSPS) is 14.4. The lowest BCUT2D eigenvalue weighted by Gasteiger charge is -2.13. The van der Waals surface area contributed by atoms with Gasteiger partial charge in [-0.3, -0.25) is 4.79 Å². The van der Waals surface area contributed by atoms with Crippen molar-refractivity contribution in [3.05, 3.63) is 40.7 Å². The van der Waals surface area contributed by atoms with Crippen LogP contribution in [0.5, 0.6) is 0 Å². The van der Waals surface area contributed by atoms with E-state index in [1.54, 1.807) is 0 Å². The Balaban J connectivity index is 1.40. The highest BCUT2D eigenvalue weighted by molar-refractivity contribution is 7.16. The Morgan fingerprint density at radius 3 is 2.88 bits per heavy atom. The van der Waals surface area contributed by atoms with Crippen LogP contribution in [0.1, 0.15) is 61.3 Å². The van der Waals surface area contributed by atoms with Gasteiger partial charge in [-0.2, -0.15) is 9.61 Å². The number of carbonyl (C=O) groups excluding carboxylic acids is 1. The summed E-state index contributed by atoms with van der Waals surface area (Å²) in [6.07, 6.45) is 3.37. The smallest absolute Gasteiger partial charge is 0.234 e. The van der Waals surface area contributed by atoms with Gasteiger partial charge in [-0.15, -0.1) is 10.2 Å². The lowest BCUT2D eigenvalue weighted by Crippen LogP contribution is -2.14. The Kier molecular flexibility index (Phi) is 4.25. The molecule has 1 N–H and O–H groups in total. The lowest BCUT2D eigenvalue weighted by atomic mass is 10.0. The topological polar surface area (TPSA) is 72.2 Å². The molecule has 2 heterocycles. The van der Waals surface area contributed by atoms with E-state index in [9.17, 15) is 4.79 Å². The third-order valence-electron chi connectivity index (χ3n) is 4.42. The van der Waals surface area contributed by atoms with E-state index in [0.29, 0.717) is 24.7 Å². The molecule has 1 amide bonds. The van der Waals surface area contributed by atoms with Gasteiger partial charge < -0.3 is 5.32 Å².